The maximum absolute atomic E-state index is 12.6. The molecule has 1 saturated heterocycles. The van der Waals surface area contributed by atoms with Crippen LogP contribution >= 0.6 is 0 Å². The summed E-state index contributed by atoms with van der Waals surface area (Å²) in [7, 11) is -1.38. The van der Waals surface area contributed by atoms with Gasteiger partial charge in [-0.1, -0.05) is 12.8 Å². The maximum atomic E-state index is 12.6. The minimum Gasteiger partial charge on any atom is -0.319 e. The molecular formula is C17H26N2O3S. The van der Waals surface area contributed by atoms with E-state index in [0.717, 1.165) is 31.2 Å². The summed E-state index contributed by atoms with van der Waals surface area (Å²) in [6, 6.07) is 3.67. The zero-order valence-electron chi connectivity index (χ0n) is 13.8. The Morgan fingerprint density at radius 3 is 2.39 bits per heavy atom. The molecule has 23 heavy (non-hydrogen) atoms. The van der Waals surface area contributed by atoms with Crippen molar-refractivity contribution in [3.63, 3.8) is 0 Å². The SMILES string of the molecule is Cn1ccc(C2CCN(S(=O)(=O)CC3CCCC3)CC2)cc1=O. The van der Waals surface area contributed by atoms with Gasteiger partial charge in [-0.25, -0.2) is 12.7 Å². The highest BCUT2D eigenvalue weighted by molar-refractivity contribution is 7.89. The van der Waals surface area contributed by atoms with Gasteiger partial charge in [0.05, 0.1) is 5.75 Å². The molecule has 0 amide bonds. The Morgan fingerprint density at radius 1 is 1.13 bits per heavy atom. The van der Waals surface area contributed by atoms with Gasteiger partial charge in [0.2, 0.25) is 10.0 Å². The van der Waals surface area contributed by atoms with E-state index in [2.05, 4.69) is 0 Å². The van der Waals surface area contributed by atoms with Gasteiger partial charge in [-0.2, -0.15) is 0 Å². The molecule has 0 atom stereocenters. The molecule has 1 aromatic rings. The zero-order chi connectivity index (χ0) is 16.4. The van der Waals surface area contributed by atoms with Crippen LogP contribution in [-0.2, 0) is 17.1 Å². The first kappa shape index (κ1) is 16.7. The Labute approximate surface area is 138 Å². The number of hydrogen-bond donors (Lipinski definition) is 0. The van der Waals surface area contributed by atoms with Crippen LogP contribution in [0.25, 0.3) is 0 Å². The van der Waals surface area contributed by atoms with Crippen molar-refractivity contribution in [1.29, 1.82) is 0 Å². The molecule has 0 N–H and O–H groups in total. The number of sulfonamides is 1. The number of pyridine rings is 1. The summed E-state index contributed by atoms with van der Waals surface area (Å²) in [4.78, 5) is 11.8. The smallest absolute Gasteiger partial charge is 0.250 e. The van der Waals surface area contributed by atoms with Crippen LogP contribution < -0.4 is 5.56 Å². The second-order valence-corrected chi connectivity index (χ2v) is 9.03. The fourth-order valence-corrected chi connectivity index (χ4v) is 5.77. The minimum atomic E-state index is -3.12. The van der Waals surface area contributed by atoms with E-state index in [4.69, 9.17) is 0 Å². The van der Waals surface area contributed by atoms with Gasteiger partial charge in [0.1, 0.15) is 0 Å². The third-order valence-corrected chi connectivity index (χ3v) is 7.41. The Bertz CT molecular complexity index is 697. The van der Waals surface area contributed by atoms with Crippen LogP contribution in [-0.4, -0.2) is 36.1 Å². The van der Waals surface area contributed by atoms with Gasteiger partial charge in [-0.05, 0) is 49.1 Å². The highest BCUT2D eigenvalue weighted by Gasteiger charge is 2.31. The second-order valence-electron chi connectivity index (χ2n) is 7.01. The topological polar surface area (TPSA) is 59.4 Å². The lowest BCUT2D eigenvalue weighted by Gasteiger charge is -2.32. The lowest BCUT2D eigenvalue weighted by Crippen LogP contribution is -2.40. The predicted molar refractivity (Wildman–Crippen MR) is 91.0 cm³/mol. The maximum Gasteiger partial charge on any atom is 0.250 e. The molecule has 128 valence electrons. The van der Waals surface area contributed by atoms with E-state index in [1.807, 2.05) is 6.07 Å². The summed E-state index contributed by atoms with van der Waals surface area (Å²) in [6.07, 6.45) is 7.86. The molecule has 6 heteroatoms. The van der Waals surface area contributed by atoms with Gasteiger partial charge in [0.15, 0.2) is 0 Å². The van der Waals surface area contributed by atoms with Crippen LogP contribution in [0.2, 0.25) is 0 Å². The first-order valence-electron chi connectivity index (χ1n) is 8.60. The molecule has 5 nitrogen and oxygen atoms in total. The van der Waals surface area contributed by atoms with Crippen LogP contribution in [0.1, 0.15) is 50.0 Å². The average molecular weight is 338 g/mol. The normalized spacial score (nSPS) is 21.8. The van der Waals surface area contributed by atoms with E-state index in [0.29, 0.717) is 30.7 Å². The van der Waals surface area contributed by atoms with Gasteiger partial charge >= 0.3 is 0 Å². The van der Waals surface area contributed by atoms with Crippen molar-refractivity contribution in [2.24, 2.45) is 13.0 Å². The second kappa shape index (κ2) is 6.77. The zero-order valence-corrected chi connectivity index (χ0v) is 14.6. The van der Waals surface area contributed by atoms with E-state index in [1.165, 1.54) is 12.8 Å². The van der Waals surface area contributed by atoms with Crippen molar-refractivity contribution in [3.8, 4) is 0 Å². The molecule has 2 heterocycles. The molecule has 1 aliphatic heterocycles. The van der Waals surface area contributed by atoms with Crippen LogP contribution in [0.15, 0.2) is 23.1 Å². The lowest BCUT2D eigenvalue weighted by atomic mass is 9.91. The van der Waals surface area contributed by atoms with Crippen LogP contribution in [0, 0.1) is 5.92 Å². The molecule has 0 aromatic carbocycles. The summed E-state index contributed by atoms with van der Waals surface area (Å²) in [6.45, 7) is 1.16. The largest absolute Gasteiger partial charge is 0.319 e. The van der Waals surface area contributed by atoms with Gasteiger partial charge in [0, 0.05) is 32.4 Å². The predicted octanol–water partition coefficient (Wildman–Crippen LogP) is 2.08. The first-order chi connectivity index (χ1) is 11.0. The number of aryl methyl sites for hydroxylation is 1. The summed E-state index contributed by atoms with van der Waals surface area (Å²) in [5.74, 6) is 0.973. The van der Waals surface area contributed by atoms with Crippen molar-refractivity contribution in [1.82, 2.24) is 8.87 Å². The summed E-state index contributed by atoms with van der Waals surface area (Å²) in [5, 5.41) is 0. The number of rotatable bonds is 4. The molecular weight excluding hydrogens is 312 g/mol. The van der Waals surface area contributed by atoms with Gasteiger partial charge in [-0.15, -0.1) is 0 Å². The number of piperidine rings is 1. The molecule has 1 aromatic heterocycles. The molecule has 1 aliphatic carbocycles. The fourth-order valence-electron chi connectivity index (χ4n) is 3.87. The van der Waals surface area contributed by atoms with Crippen LogP contribution in [0.5, 0.6) is 0 Å². The molecule has 3 rings (SSSR count). The van der Waals surface area contributed by atoms with E-state index < -0.39 is 10.0 Å². The standard InChI is InChI=1S/C17H26N2O3S/c1-18-9-6-16(12-17(18)20)15-7-10-19(11-8-15)23(21,22)13-14-4-2-3-5-14/h6,9,12,14-15H,2-5,7-8,10-11,13H2,1H3. The van der Waals surface area contributed by atoms with Crippen molar-refractivity contribution in [2.75, 3.05) is 18.8 Å². The monoisotopic (exact) mass is 338 g/mol. The Balaban J connectivity index is 1.61. The molecule has 2 aliphatic rings. The summed E-state index contributed by atoms with van der Waals surface area (Å²) in [5.41, 5.74) is 1.04. The highest BCUT2D eigenvalue weighted by Crippen LogP contribution is 2.31. The fraction of sp³-hybridized carbons (Fsp3) is 0.706. The van der Waals surface area contributed by atoms with Crippen molar-refractivity contribution in [2.45, 2.75) is 44.4 Å². The quantitative estimate of drug-likeness (QED) is 0.844. The molecule has 0 bridgehead atoms. The van der Waals surface area contributed by atoms with Gasteiger partial charge in [0.25, 0.3) is 5.56 Å². The van der Waals surface area contributed by atoms with E-state index in [-0.39, 0.29) is 5.56 Å². The third kappa shape index (κ3) is 3.86. The van der Waals surface area contributed by atoms with Crippen LogP contribution in [0.3, 0.4) is 0 Å². The molecule has 0 radical (unpaired) electrons. The van der Waals surface area contributed by atoms with Crippen molar-refractivity contribution in [3.05, 3.63) is 34.2 Å². The molecule has 1 saturated carbocycles. The van der Waals surface area contributed by atoms with Crippen molar-refractivity contribution >= 4 is 10.0 Å². The van der Waals surface area contributed by atoms with Crippen LogP contribution in [0.4, 0.5) is 0 Å². The number of hydrogen-bond acceptors (Lipinski definition) is 3. The van der Waals surface area contributed by atoms with Crippen molar-refractivity contribution < 1.29 is 8.42 Å². The average Bonchev–Trinajstić information content (AvgIpc) is 3.02. The van der Waals surface area contributed by atoms with E-state index in [9.17, 15) is 13.2 Å². The Morgan fingerprint density at radius 2 is 1.78 bits per heavy atom. The Kier molecular flexibility index (Phi) is 4.92. The highest BCUT2D eigenvalue weighted by atomic mass is 32.2. The third-order valence-electron chi connectivity index (χ3n) is 5.37. The number of aromatic nitrogens is 1. The minimum absolute atomic E-state index is 0.00113. The van der Waals surface area contributed by atoms with Gasteiger partial charge in [-0.3, -0.25) is 4.79 Å². The van der Waals surface area contributed by atoms with E-state index in [1.54, 1.807) is 28.2 Å². The van der Waals surface area contributed by atoms with Gasteiger partial charge < -0.3 is 4.57 Å². The van der Waals surface area contributed by atoms with E-state index >= 15 is 0 Å². The lowest BCUT2D eigenvalue weighted by molar-refractivity contribution is 0.317. The number of nitrogens with zero attached hydrogens (tertiary/aromatic N) is 2. The first-order valence-corrected chi connectivity index (χ1v) is 10.2. The molecule has 0 spiro atoms. The summed E-state index contributed by atoms with van der Waals surface area (Å²) < 4.78 is 28.3. The molecule has 2 fully saturated rings. The summed E-state index contributed by atoms with van der Waals surface area (Å²) >= 11 is 0. The Hall–Kier alpha value is -1.14. The molecule has 0 unspecified atom stereocenters.